The first-order valence-electron chi connectivity index (χ1n) is 7.49. The molecule has 4 nitrogen and oxygen atoms in total. The van der Waals surface area contributed by atoms with Gasteiger partial charge < -0.3 is 4.74 Å². The third-order valence-corrected chi connectivity index (χ3v) is 4.95. The van der Waals surface area contributed by atoms with Crippen molar-refractivity contribution in [2.75, 3.05) is 0 Å². The Hall–Kier alpha value is -2.09. The second-order valence-electron chi connectivity index (χ2n) is 5.82. The number of halogens is 3. The van der Waals surface area contributed by atoms with E-state index in [0.717, 1.165) is 11.6 Å². The maximum atomic E-state index is 14.5. The van der Waals surface area contributed by atoms with E-state index in [2.05, 4.69) is 10.3 Å². The van der Waals surface area contributed by atoms with E-state index < -0.39 is 23.3 Å². The number of nitrogens with zero attached hydrogens (tertiary/aromatic N) is 2. The summed E-state index contributed by atoms with van der Waals surface area (Å²) in [7, 11) is 0. The molecule has 0 bridgehead atoms. The first kappa shape index (κ1) is 16.4. The van der Waals surface area contributed by atoms with E-state index in [-0.39, 0.29) is 12.1 Å². The Morgan fingerprint density at radius 3 is 2.76 bits per heavy atom. The molecule has 1 aromatic heterocycles. The molecule has 25 heavy (non-hydrogen) atoms. The fourth-order valence-electron chi connectivity index (χ4n) is 3.04. The summed E-state index contributed by atoms with van der Waals surface area (Å²) in [5, 5.41) is 7.14. The number of epoxide rings is 1. The molecule has 128 valence electrons. The van der Waals surface area contributed by atoms with Gasteiger partial charge in [0, 0.05) is 22.2 Å². The van der Waals surface area contributed by atoms with Gasteiger partial charge in [-0.2, -0.15) is 5.10 Å². The Morgan fingerprint density at radius 1 is 1.28 bits per heavy atom. The number of rotatable bonds is 4. The lowest BCUT2D eigenvalue weighted by Gasteiger charge is -2.15. The van der Waals surface area contributed by atoms with Crippen molar-refractivity contribution < 1.29 is 13.5 Å². The van der Waals surface area contributed by atoms with Crippen molar-refractivity contribution in [3.8, 4) is 0 Å². The summed E-state index contributed by atoms with van der Waals surface area (Å²) >= 11 is 11.5. The molecule has 1 aliphatic heterocycles. The fourth-order valence-corrected chi connectivity index (χ4v) is 3.44. The number of H-pyrrole nitrogens is 1. The van der Waals surface area contributed by atoms with Crippen molar-refractivity contribution in [1.29, 1.82) is 0 Å². The zero-order chi connectivity index (χ0) is 17.6. The van der Waals surface area contributed by atoms with Gasteiger partial charge in [-0.1, -0.05) is 48.1 Å². The van der Waals surface area contributed by atoms with Crippen LogP contribution in [-0.4, -0.2) is 15.0 Å². The number of hydrogen-bond donors (Lipinski definition) is 1. The van der Waals surface area contributed by atoms with Gasteiger partial charge in [0.25, 0.3) is 0 Å². The monoisotopic (exact) mass is 379 g/mol. The number of aromatic amines is 1. The molecule has 4 rings (SSSR count). The lowest BCUT2D eigenvalue weighted by Crippen LogP contribution is -2.21. The molecule has 1 saturated heterocycles. The van der Waals surface area contributed by atoms with Crippen molar-refractivity contribution in [2.45, 2.75) is 18.2 Å². The fraction of sp³-hybridized carbons (Fsp3) is 0.176. The molecule has 0 saturated carbocycles. The van der Waals surface area contributed by atoms with Gasteiger partial charge in [-0.25, -0.2) is 14.0 Å². The lowest BCUT2D eigenvalue weighted by atomic mass is 9.91. The van der Waals surface area contributed by atoms with Crippen molar-refractivity contribution in [1.82, 2.24) is 15.0 Å². The van der Waals surface area contributed by atoms with Gasteiger partial charge in [0.15, 0.2) is 0 Å². The molecule has 1 N–H and O–H groups in total. The van der Waals surface area contributed by atoms with E-state index in [1.807, 2.05) is 12.1 Å². The third-order valence-electron chi connectivity index (χ3n) is 4.28. The molecular formula is C17H12ClF2N3OS. The Labute approximate surface area is 152 Å². The predicted molar refractivity (Wildman–Crippen MR) is 90.7 cm³/mol. The van der Waals surface area contributed by atoms with Gasteiger partial charge in [0.1, 0.15) is 28.0 Å². The van der Waals surface area contributed by atoms with Gasteiger partial charge in [-0.3, -0.25) is 4.68 Å². The summed E-state index contributed by atoms with van der Waals surface area (Å²) in [6.45, 7) is 0.199. The molecule has 0 unspecified atom stereocenters. The van der Waals surface area contributed by atoms with Crippen LogP contribution in [-0.2, 0) is 16.9 Å². The van der Waals surface area contributed by atoms with Crippen LogP contribution >= 0.6 is 23.8 Å². The quantitative estimate of drug-likeness (QED) is 0.534. The number of aromatic nitrogens is 3. The zero-order valence-corrected chi connectivity index (χ0v) is 14.3. The van der Waals surface area contributed by atoms with Crippen LogP contribution in [0.15, 0.2) is 48.7 Å². The van der Waals surface area contributed by atoms with Crippen LogP contribution in [0.3, 0.4) is 0 Å². The SMILES string of the molecule is Fc1ccc([C@@]2(Cn3[nH]ncc3=S)O[C@@H]2c2ccccc2Cl)c(F)c1. The highest BCUT2D eigenvalue weighted by molar-refractivity contribution is 7.71. The molecule has 3 aromatic rings. The standard InChI is InChI=1S/C17H12ClF2N3OS/c18-13-4-2-1-3-11(13)16-17(24-16,9-23-15(25)8-21-22-23)12-6-5-10(19)7-14(12)20/h1-8,16,22H,9H2/t16-,17-/m1/s1. The third kappa shape index (κ3) is 2.78. The van der Waals surface area contributed by atoms with Gasteiger partial charge in [-0.15, -0.1) is 0 Å². The average molecular weight is 380 g/mol. The molecule has 2 atom stereocenters. The number of hydrogen-bond acceptors (Lipinski definition) is 3. The van der Waals surface area contributed by atoms with Gasteiger partial charge >= 0.3 is 0 Å². The highest BCUT2D eigenvalue weighted by Crippen LogP contribution is 2.59. The number of benzene rings is 2. The van der Waals surface area contributed by atoms with E-state index >= 15 is 0 Å². The summed E-state index contributed by atoms with van der Waals surface area (Å²) < 4.78 is 35.8. The highest BCUT2D eigenvalue weighted by Gasteiger charge is 2.60. The van der Waals surface area contributed by atoms with E-state index in [1.54, 1.807) is 16.8 Å². The molecule has 8 heteroatoms. The second kappa shape index (κ2) is 6.01. The zero-order valence-electron chi connectivity index (χ0n) is 12.7. The van der Waals surface area contributed by atoms with Crippen molar-refractivity contribution in [2.24, 2.45) is 0 Å². The van der Waals surface area contributed by atoms with Gasteiger partial charge in [0.05, 0.1) is 12.7 Å². The molecule has 0 amide bonds. The largest absolute Gasteiger partial charge is 0.354 e. The number of ether oxygens (including phenoxy) is 1. The van der Waals surface area contributed by atoms with Crippen LogP contribution in [0.5, 0.6) is 0 Å². The molecule has 0 spiro atoms. The summed E-state index contributed by atoms with van der Waals surface area (Å²) in [5.41, 5.74) is -0.0673. The van der Waals surface area contributed by atoms with E-state index in [0.29, 0.717) is 9.66 Å². The Kier molecular flexibility index (Phi) is 3.94. The summed E-state index contributed by atoms with van der Waals surface area (Å²) in [6.07, 6.45) is 1.00. The number of nitrogens with one attached hydrogen (secondary N) is 1. The minimum atomic E-state index is -1.05. The molecule has 2 aromatic carbocycles. The maximum absolute atomic E-state index is 14.5. The summed E-state index contributed by atoms with van der Waals surface area (Å²) in [6, 6.07) is 10.6. The first-order chi connectivity index (χ1) is 12.0. The van der Waals surface area contributed by atoms with Crippen LogP contribution in [0.2, 0.25) is 5.02 Å². The Morgan fingerprint density at radius 2 is 2.08 bits per heavy atom. The normalized spacial score (nSPS) is 22.1. The highest BCUT2D eigenvalue weighted by atomic mass is 35.5. The minimum Gasteiger partial charge on any atom is -0.354 e. The van der Waals surface area contributed by atoms with Gasteiger partial charge in [0.2, 0.25) is 0 Å². The Bertz CT molecular complexity index is 1010. The van der Waals surface area contributed by atoms with E-state index in [1.165, 1.54) is 18.3 Å². The average Bonchev–Trinajstić information content (AvgIpc) is 3.14. The molecule has 2 heterocycles. The van der Waals surface area contributed by atoms with Crippen LogP contribution in [0.1, 0.15) is 17.2 Å². The molecule has 1 fully saturated rings. The van der Waals surface area contributed by atoms with Crippen LogP contribution in [0.25, 0.3) is 0 Å². The van der Waals surface area contributed by atoms with Crippen LogP contribution in [0.4, 0.5) is 8.78 Å². The van der Waals surface area contributed by atoms with Crippen molar-refractivity contribution in [3.63, 3.8) is 0 Å². The molecule has 1 aliphatic rings. The maximum Gasteiger partial charge on any atom is 0.147 e. The van der Waals surface area contributed by atoms with Crippen LogP contribution < -0.4 is 0 Å². The van der Waals surface area contributed by atoms with Crippen LogP contribution in [0, 0.1) is 16.3 Å². The Balaban J connectivity index is 1.82. The minimum absolute atomic E-state index is 0.199. The van der Waals surface area contributed by atoms with Crippen molar-refractivity contribution >= 4 is 23.8 Å². The topological polar surface area (TPSA) is 46.1 Å². The predicted octanol–water partition coefficient (Wildman–Crippen LogP) is 4.54. The lowest BCUT2D eigenvalue weighted by molar-refractivity contribution is 0.254. The molecular weight excluding hydrogens is 368 g/mol. The molecule has 0 aliphatic carbocycles. The van der Waals surface area contributed by atoms with E-state index in [4.69, 9.17) is 28.6 Å². The van der Waals surface area contributed by atoms with Gasteiger partial charge in [-0.05, 0) is 12.1 Å². The molecule has 0 radical (unpaired) electrons. The van der Waals surface area contributed by atoms with Crippen molar-refractivity contribution in [3.05, 3.63) is 81.1 Å². The summed E-state index contributed by atoms with van der Waals surface area (Å²) in [5.74, 6) is -1.33. The second-order valence-corrected chi connectivity index (χ2v) is 6.64. The first-order valence-corrected chi connectivity index (χ1v) is 8.28. The van der Waals surface area contributed by atoms with E-state index in [9.17, 15) is 8.78 Å². The smallest absolute Gasteiger partial charge is 0.147 e. The summed E-state index contributed by atoms with van der Waals surface area (Å²) in [4.78, 5) is 0.